The van der Waals surface area contributed by atoms with Gasteiger partial charge in [-0.15, -0.1) is 11.8 Å². The van der Waals surface area contributed by atoms with Gasteiger partial charge in [-0.3, -0.25) is 9.59 Å². The SMILES string of the molecule is CC(Sc1ccccc1C(=O)NC1CCOCC1)C(=O)O. The number of carboxylic acids is 1. The van der Waals surface area contributed by atoms with Crippen molar-refractivity contribution in [2.75, 3.05) is 13.2 Å². The highest BCUT2D eigenvalue weighted by atomic mass is 32.2. The third-order valence-corrected chi connectivity index (χ3v) is 4.50. The van der Waals surface area contributed by atoms with E-state index in [4.69, 9.17) is 9.84 Å². The van der Waals surface area contributed by atoms with Gasteiger partial charge in [0, 0.05) is 24.2 Å². The minimum absolute atomic E-state index is 0.126. The summed E-state index contributed by atoms with van der Waals surface area (Å²) in [5, 5.41) is 11.4. The fourth-order valence-corrected chi connectivity index (χ4v) is 3.03. The number of amides is 1. The van der Waals surface area contributed by atoms with Gasteiger partial charge in [-0.1, -0.05) is 12.1 Å². The molecule has 1 aliphatic rings. The third-order valence-electron chi connectivity index (χ3n) is 3.34. The molecule has 2 rings (SSSR count). The molecular formula is C15H19NO4S. The van der Waals surface area contributed by atoms with Crippen LogP contribution in [0, 0.1) is 0 Å². The molecule has 0 bridgehead atoms. The molecule has 0 spiro atoms. The average Bonchev–Trinajstić information content (AvgIpc) is 2.48. The number of carbonyl (C=O) groups is 2. The fraction of sp³-hybridized carbons (Fsp3) is 0.467. The van der Waals surface area contributed by atoms with Crippen LogP contribution < -0.4 is 5.32 Å². The Morgan fingerprint density at radius 1 is 1.33 bits per heavy atom. The predicted octanol–water partition coefficient (Wildman–Crippen LogP) is 2.16. The molecule has 0 saturated carbocycles. The molecule has 1 atom stereocenters. The van der Waals surface area contributed by atoms with Crippen molar-refractivity contribution >= 4 is 23.6 Å². The molecule has 1 unspecified atom stereocenters. The van der Waals surface area contributed by atoms with Crippen molar-refractivity contribution < 1.29 is 19.4 Å². The summed E-state index contributed by atoms with van der Waals surface area (Å²) < 4.78 is 5.27. The van der Waals surface area contributed by atoms with Crippen LogP contribution in [0.5, 0.6) is 0 Å². The van der Waals surface area contributed by atoms with Crippen molar-refractivity contribution in [2.45, 2.75) is 36.0 Å². The number of benzene rings is 1. The molecular weight excluding hydrogens is 290 g/mol. The summed E-state index contributed by atoms with van der Waals surface area (Å²) in [6.45, 7) is 2.94. The van der Waals surface area contributed by atoms with Crippen molar-refractivity contribution in [3.8, 4) is 0 Å². The molecule has 6 heteroatoms. The zero-order valence-corrected chi connectivity index (χ0v) is 12.7. The van der Waals surface area contributed by atoms with Gasteiger partial charge >= 0.3 is 5.97 Å². The molecule has 1 amide bonds. The summed E-state index contributed by atoms with van der Waals surface area (Å²) in [5.41, 5.74) is 0.530. The van der Waals surface area contributed by atoms with Crippen molar-refractivity contribution in [1.82, 2.24) is 5.32 Å². The normalized spacial score (nSPS) is 17.2. The van der Waals surface area contributed by atoms with Crippen molar-refractivity contribution in [3.05, 3.63) is 29.8 Å². The van der Waals surface area contributed by atoms with Crippen LogP contribution in [0.25, 0.3) is 0 Å². The lowest BCUT2D eigenvalue weighted by molar-refractivity contribution is -0.136. The number of carbonyl (C=O) groups excluding carboxylic acids is 1. The highest BCUT2D eigenvalue weighted by Gasteiger charge is 2.21. The topological polar surface area (TPSA) is 75.6 Å². The molecule has 114 valence electrons. The largest absolute Gasteiger partial charge is 0.480 e. The number of ether oxygens (including phenoxy) is 1. The second-order valence-electron chi connectivity index (χ2n) is 4.95. The molecule has 1 aliphatic heterocycles. The zero-order chi connectivity index (χ0) is 15.2. The quantitative estimate of drug-likeness (QED) is 0.815. The van der Waals surface area contributed by atoms with Crippen LogP contribution in [-0.2, 0) is 9.53 Å². The molecule has 1 aromatic rings. The van der Waals surface area contributed by atoms with Crippen molar-refractivity contribution in [1.29, 1.82) is 0 Å². The van der Waals surface area contributed by atoms with Crippen LogP contribution in [0.4, 0.5) is 0 Å². The molecule has 2 N–H and O–H groups in total. The molecule has 21 heavy (non-hydrogen) atoms. The summed E-state index contributed by atoms with van der Waals surface area (Å²) in [6, 6.07) is 7.23. The molecule has 0 aromatic heterocycles. The van der Waals surface area contributed by atoms with Gasteiger partial charge in [-0.05, 0) is 31.9 Å². The minimum atomic E-state index is -0.889. The van der Waals surface area contributed by atoms with E-state index >= 15 is 0 Å². The predicted molar refractivity (Wildman–Crippen MR) is 80.7 cm³/mol. The Balaban J connectivity index is 2.07. The lowest BCUT2D eigenvalue weighted by Gasteiger charge is -2.23. The third kappa shape index (κ3) is 4.47. The van der Waals surface area contributed by atoms with Gasteiger partial charge in [-0.25, -0.2) is 0 Å². The van der Waals surface area contributed by atoms with Gasteiger partial charge in [0.25, 0.3) is 5.91 Å². The average molecular weight is 309 g/mol. The van der Waals surface area contributed by atoms with E-state index in [1.165, 1.54) is 11.8 Å². The molecule has 1 fully saturated rings. The summed E-state index contributed by atoms with van der Waals surface area (Å²) >= 11 is 1.18. The smallest absolute Gasteiger partial charge is 0.316 e. The van der Waals surface area contributed by atoms with Gasteiger partial charge < -0.3 is 15.2 Å². The van der Waals surface area contributed by atoms with E-state index in [1.54, 1.807) is 25.1 Å². The second-order valence-corrected chi connectivity index (χ2v) is 6.34. The fourth-order valence-electron chi connectivity index (χ4n) is 2.10. The van der Waals surface area contributed by atoms with Crippen LogP contribution in [0.2, 0.25) is 0 Å². The van der Waals surface area contributed by atoms with Crippen LogP contribution in [0.3, 0.4) is 0 Å². The summed E-state index contributed by atoms with van der Waals surface area (Å²) in [5.74, 6) is -1.04. The highest BCUT2D eigenvalue weighted by Crippen LogP contribution is 2.27. The first-order valence-electron chi connectivity index (χ1n) is 6.95. The summed E-state index contributed by atoms with van der Waals surface area (Å²) in [7, 11) is 0. The van der Waals surface area contributed by atoms with Crippen molar-refractivity contribution in [2.24, 2.45) is 0 Å². The van der Waals surface area contributed by atoms with E-state index in [-0.39, 0.29) is 11.9 Å². The van der Waals surface area contributed by atoms with Crippen LogP contribution in [0.1, 0.15) is 30.1 Å². The number of thioether (sulfide) groups is 1. The van der Waals surface area contributed by atoms with E-state index in [0.29, 0.717) is 23.7 Å². The van der Waals surface area contributed by atoms with E-state index < -0.39 is 11.2 Å². The zero-order valence-electron chi connectivity index (χ0n) is 11.9. The van der Waals surface area contributed by atoms with Crippen LogP contribution in [0.15, 0.2) is 29.2 Å². The van der Waals surface area contributed by atoms with Crippen LogP contribution in [-0.4, -0.2) is 41.5 Å². The second kappa shape index (κ2) is 7.47. The van der Waals surface area contributed by atoms with Crippen LogP contribution >= 0.6 is 11.8 Å². The van der Waals surface area contributed by atoms with Gasteiger partial charge in [0.15, 0.2) is 0 Å². The summed E-state index contributed by atoms with van der Waals surface area (Å²) in [6.07, 6.45) is 1.62. The molecule has 5 nitrogen and oxygen atoms in total. The van der Waals surface area contributed by atoms with Crippen molar-refractivity contribution in [3.63, 3.8) is 0 Å². The Bertz CT molecular complexity index is 514. The van der Waals surface area contributed by atoms with E-state index in [0.717, 1.165) is 12.8 Å². The van der Waals surface area contributed by atoms with Gasteiger partial charge in [0.2, 0.25) is 0 Å². The minimum Gasteiger partial charge on any atom is -0.480 e. The van der Waals surface area contributed by atoms with E-state index in [9.17, 15) is 9.59 Å². The van der Waals surface area contributed by atoms with E-state index in [2.05, 4.69) is 5.32 Å². The Morgan fingerprint density at radius 2 is 2.00 bits per heavy atom. The lowest BCUT2D eigenvalue weighted by Crippen LogP contribution is -2.39. The number of aliphatic carboxylic acids is 1. The van der Waals surface area contributed by atoms with E-state index in [1.807, 2.05) is 6.07 Å². The molecule has 1 saturated heterocycles. The first-order valence-corrected chi connectivity index (χ1v) is 7.83. The monoisotopic (exact) mass is 309 g/mol. The molecule has 0 radical (unpaired) electrons. The Labute approximate surface area is 128 Å². The van der Waals surface area contributed by atoms with Gasteiger partial charge in [-0.2, -0.15) is 0 Å². The van der Waals surface area contributed by atoms with Gasteiger partial charge in [0.1, 0.15) is 5.25 Å². The Kier molecular flexibility index (Phi) is 5.64. The first kappa shape index (κ1) is 15.9. The summed E-state index contributed by atoms with van der Waals surface area (Å²) in [4.78, 5) is 24.0. The number of hydrogen-bond acceptors (Lipinski definition) is 4. The van der Waals surface area contributed by atoms with Gasteiger partial charge in [0.05, 0.1) is 5.56 Å². The molecule has 0 aliphatic carbocycles. The number of carboxylic acid groups (broad SMARTS) is 1. The Morgan fingerprint density at radius 3 is 2.67 bits per heavy atom. The highest BCUT2D eigenvalue weighted by molar-refractivity contribution is 8.00. The maximum absolute atomic E-state index is 12.4. The lowest BCUT2D eigenvalue weighted by atomic mass is 10.1. The maximum Gasteiger partial charge on any atom is 0.316 e. The Hall–Kier alpha value is -1.53. The maximum atomic E-state index is 12.4. The molecule has 1 aromatic carbocycles. The number of nitrogens with one attached hydrogen (secondary N) is 1. The standard InChI is InChI=1S/C15H19NO4S/c1-10(15(18)19)21-13-5-3-2-4-12(13)14(17)16-11-6-8-20-9-7-11/h2-5,10-11H,6-9H2,1H3,(H,16,17)(H,18,19). The number of rotatable bonds is 5. The number of hydrogen-bond donors (Lipinski definition) is 2. The first-order chi connectivity index (χ1) is 10.1. The molecule has 1 heterocycles.